The highest BCUT2D eigenvalue weighted by molar-refractivity contribution is 6.00. The highest BCUT2D eigenvalue weighted by atomic mass is 19.1. The molecule has 4 heterocycles. The van der Waals surface area contributed by atoms with Crippen LogP contribution in [0.1, 0.15) is 25.3 Å². The van der Waals surface area contributed by atoms with Crippen LogP contribution < -0.4 is 15.5 Å². The van der Waals surface area contributed by atoms with Gasteiger partial charge in [-0.05, 0) is 12.8 Å². The van der Waals surface area contributed by atoms with Gasteiger partial charge < -0.3 is 14.8 Å². The van der Waals surface area contributed by atoms with Crippen LogP contribution in [-0.4, -0.2) is 41.6 Å². The van der Waals surface area contributed by atoms with Crippen molar-refractivity contribution in [3.8, 4) is 0 Å². The van der Waals surface area contributed by atoms with E-state index in [-0.39, 0.29) is 24.4 Å². The molecule has 5 rings (SSSR count). The first-order chi connectivity index (χ1) is 12.5. The van der Waals surface area contributed by atoms with E-state index in [1.165, 1.54) is 0 Å². The van der Waals surface area contributed by atoms with Crippen LogP contribution in [0.2, 0.25) is 0 Å². The van der Waals surface area contributed by atoms with Crippen LogP contribution in [0.25, 0.3) is 10.8 Å². The Morgan fingerprint density at radius 3 is 2.46 bits per heavy atom. The summed E-state index contributed by atoms with van der Waals surface area (Å²) >= 11 is 0. The minimum atomic E-state index is -0.642. The van der Waals surface area contributed by atoms with E-state index in [1.807, 2.05) is 4.90 Å². The van der Waals surface area contributed by atoms with Crippen LogP contribution in [0.5, 0.6) is 0 Å². The second-order valence-electron chi connectivity index (χ2n) is 7.30. The highest BCUT2D eigenvalue weighted by Crippen LogP contribution is 2.42. The van der Waals surface area contributed by atoms with Crippen LogP contribution in [0.15, 0.2) is 18.5 Å². The Bertz CT molecular complexity index is 927. The summed E-state index contributed by atoms with van der Waals surface area (Å²) in [6.45, 7) is 1.56. The molecule has 2 aromatic rings. The lowest BCUT2D eigenvalue weighted by atomic mass is 9.87. The molecule has 3 atom stereocenters. The number of carbonyl (C=O) groups is 2. The molecule has 2 bridgehead atoms. The summed E-state index contributed by atoms with van der Waals surface area (Å²) in [4.78, 5) is 25.5. The predicted octanol–water partition coefficient (Wildman–Crippen LogP) is 1.45. The third-order valence-electron chi connectivity index (χ3n) is 5.76. The quantitative estimate of drug-likeness (QED) is 0.796. The number of hydrogen-bond acceptors (Lipinski definition) is 4. The summed E-state index contributed by atoms with van der Waals surface area (Å²) in [6, 6.07) is 0.744. The molecule has 2 N–H and O–H groups in total. The third-order valence-corrected chi connectivity index (χ3v) is 5.76. The van der Waals surface area contributed by atoms with Crippen LogP contribution in [0.4, 0.5) is 14.5 Å². The maximum absolute atomic E-state index is 14.7. The molecule has 0 saturated carbocycles. The summed E-state index contributed by atoms with van der Waals surface area (Å²) in [6.07, 6.45) is 4.76. The number of piperazine rings is 1. The molecule has 2 amide bonds. The van der Waals surface area contributed by atoms with Gasteiger partial charge >= 0.3 is 0 Å². The number of hydrogen-bond donors (Lipinski definition) is 2. The Morgan fingerprint density at radius 2 is 1.77 bits per heavy atom. The van der Waals surface area contributed by atoms with Gasteiger partial charge in [-0.25, -0.2) is 8.78 Å². The van der Waals surface area contributed by atoms with Crippen LogP contribution in [0.3, 0.4) is 0 Å². The summed E-state index contributed by atoms with van der Waals surface area (Å²) in [5, 5.41) is 6.38. The molecule has 3 saturated heterocycles. The maximum Gasteiger partial charge on any atom is 0.249 e. The molecular weight excluding hydrogens is 342 g/mol. The van der Waals surface area contributed by atoms with Crippen molar-refractivity contribution < 1.29 is 18.4 Å². The lowest BCUT2D eigenvalue weighted by Gasteiger charge is -2.54. The van der Waals surface area contributed by atoms with Gasteiger partial charge in [0.05, 0.1) is 5.69 Å². The van der Waals surface area contributed by atoms with Crippen molar-refractivity contribution in [2.24, 2.45) is 0 Å². The Balaban J connectivity index is 1.61. The van der Waals surface area contributed by atoms with E-state index in [0.717, 1.165) is 25.6 Å². The number of piperidine rings is 2. The molecule has 0 radical (unpaired) electrons. The number of nitrogens with zero attached hydrogens (tertiary/aromatic N) is 2. The molecular formula is C18H18F2N4O2. The first-order valence-electron chi connectivity index (χ1n) is 8.85. The summed E-state index contributed by atoms with van der Waals surface area (Å²) < 4.78 is 30.7. The number of nitrogens with one attached hydrogen (secondary N) is 2. The summed E-state index contributed by atoms with van der Waals surface area (Å²) in [5.41, 5.74) is 0.412. The molecule has 1 aromatic heterocycles. The molecule has 3 fully saturated rings. The minimum absolute atomic E-state index is 0.205. The van der Waals surface area contributed by atoms with E-state index in [0.29, 0.717) is 22.9 Å². The van der Waals surface area contributed by atoms with E-state index < -0.39 is 23.6 Å². The van der Waals surface area contributed by atoms with Crippen molar-refractivity contribution in [2.45, 2.75) is 37.4 Å². The van der Waals surface area contributed by atoms with Crippen molar-refractivity contribution in [2.75, 3.05) is 18.0 Å². The zero-order valence-corrected chi connectivity index (χ0v) is 14.0. The second kappa shape index (κ2) is 5.51. The zero-order valence-electron chi connectivity index (χ0n) is 14.0. The predicted molar refractivity (Wildman–Crippen MR) is 90.8 cm³/mol. The third kappa shape index (κ3) is 2.18. The van der Waals surface area contributed by atoms with Crippen LogP contribution >= 0.6 is 0 Å². The van der Waals surface area contributed by atoms with Crippen LogP contribution in [0, 0.1) is 11.6 Å². The van der Waals surface area contributed by atoms with Gasteiger partial charge in [0.2, 0.25) is 11.8 Å². The molecule has 3 aliphatic rings. The number of amides is 2. The van der Waals surface area contributed by atoms with Gasteiger partial charge in [0, 0.05) is 60.8 Å². The second-order valence-corrected chi connectivity index (χ2v) is 7.30. The fourth-order valence-electron chi connectivity index (χ4n) is 4.49. The van der Waals surface area contributed by atoms with Gasteiger partial charge in [-0.2, -0.15) is 0 Å². The average Bonchev–Trinajstić information content (AvgIpc) is 3.04. The zero-order chi connectivity index (χ0) is 18.0. The molecule has 136 valence electrons. The smallest absolute Gasteiger partial charge is 0.249 e. The number of anilines is 1. The molecule has 6 nitrogen and oxygen atoms in total. The van der Waals surface area contributed by atoms with Gasteiger partial charge in [0.15, 0.2) is 0 Å². The molecule has 26 heavy (non-hydrogen) atoms. The van der Waals surface area contributed by atoms with Gasteiger partial charge in [0.1, 0.15) is 17.7 Å². The van der Waals surface area contributed by atoms with Gasteiger partial charge in [0.25, 0.3) is 0 Å². The molecule has 0 aliphatic carbocycles. The number of halogens is 2. The normalized spacial score (nSPS) is 28.2. The molecule has 3 unspecified atom stereocenters. The van der Waals surface area contributed by atoms with Crippen molar-refractivity contribution in [1.82, 2.24) is 15.2 Å². The first kappa shape index (κ1) is 15.7. The van der Waals surface area contributed by atoms with Crippen molar-refractivity contribution in [3.05, 3.63) is 30.1 Å². The first-order valence-corrected chi connectivity index (χ1v) is 8.85. The molecule has 1 aromatic carbocycles. The number of fused-ring (bicyclic) bond motifs is 3. The number of imide groups is 1. The van der Waals surface area contributed by atoms with Crippen molar-refractivity contribution in [3.63, 3.8) is 0 Å². The monoisotopic (exact) mass is 360 g/mol. The number of benzene rings is 1. The summed E-state index contributed by atoms with van der Waals surface area (Å²) in [5.74, 6) is -1.93. The number of carbonyl (C=O) groups excluding carboxylic acids is 2. The van der Waals surface area contributed by atoms with Gasteiger partial charge in [-0.3, -0.25) is 14.9 Å². The lowest BCUT2D eigenvalue weighted by Crippen LogP contribution is -2.68. The Morgan fingerprint density at radius 1 is 1.04 bits per heavy atom. The van der Waals surface area contributed by atoms with E-state index in [2.05, 4.69) is 10.6 Å². The Kier molecular flexibility index (Phi) is 3.34. The molecule has 0 spiro atoms. The number of aromatic nitrogens is 1. The average molecular weight is 360 g/mol. The van der Waals surface area contributed by atoms with Gasteiger partial charge in [-0.15, -0.1) is 0 Å². The topological polar surface area (TPSA) is 66.4 Å². The fourth-order valence-corrected chi connectivity index (χ4v) is 4.49. The Hall–Kier alpha value is -2.48. The maximum atomic E-state index is 14.7. The Labute approximate surface area is 148 Å². The van der Waals surface area contributed by atoms with Gasteiger partial charge in [-0.1, -0.05) is 0 Å². The minimum Gasteiger partial charge on any atom is -0.360 e. The number of rotatable bonds is 2. The fraction of sp³-hybridized carbons (Fsp3) is 0.444. The van der Waals surface area contributed by atoms with Crippen molar-refractivity contribution in [1.29, 1.82) is 0 Å². The highest BCUT2D eigenvalue weighted by Gasteiger charge is 2.43. The van der Waals surface area contributed by atoms with Crippen molar-refractivity contribution >= 4 is 28.3 Å². The van der Waals surface area contributed by atoms with Crippen LogP contribution in [-0.2, 0) is 9.59 Å². The van der Waals surface area contributed by atoms with E-state index in [1.54, 1.807) is 17.0 Å². The van der Waals surface area contributed by atoms with E-state index in [4.69, 9.17) is 0 Å². The molecule has 3 aliphatic heterocycles. The lowest BCUT2D eigenvalue weighted by molar-refractivity contribution is -0.135. The van der Waals surface area contributed by atoms with E-state index >= 15 is 0 Å². The SMILES string of the molecule is O=C1CCC(n2cc3c(F)cc(F)c(N4C5CNCC4C5)c3c2)C(=O)N1. The largest absolute Gasteiger partial charge is 0.360 e. The molecule has 8 heteroatoms. The van der Waals surface area contributed by atoms with E-state index in [9.17, 15) is 18.4 Å². The standard InChI is InChI=1S/C18H18F2N4O2/c19-13-4-14(20)17(24-9-3-10(24)6-21-5-9)12-8-23(7-11(12)13)15-1-2-16(25)22-18(15)26/h4,7-10,15,21H,1-3,5-6H2,(H,22,25,26). The summed E-state index contributed by atoms with van der Waals surface area (Å²) in [7, 11) is 0.